The molecule has 0 amide bonds. The minimum atomic E-state index is -3.41. The molecule has 0 spiro atoms. The number of nitrogens with one attached hydrogen (secondary N) is 2. The highest BCUT2D eigenvalue weighted by Gasteiger charge is 2.23. The van der Waals surface area contributed by atoms with Crippen LogP contribution in [0.2, 0.25) is 0 Å². The van der Waals surface area contributed by atoms with Gasteiger partial charge in [0, 0.05) is 30.1 Å². The van der Waals surface area contributed by atoms with Crippen LogP contribution < -0.4 is 19.8 Å². The van der Waals surface area contributed by atoms with E-state index in [9.17, 15) is 13.2 Å². The van der Waals surface area contributed by atoms with E-state index in [1.807, 2.05) is 30.4 Å². The number of ether oxygens (including phenoxy) is 3. The van der Waals surface area contributed by atoms with Crippen molar-refractivity contribution in [3.63, 3.8) is 0 Å². The number of H-pyrrole nitrogens is 1. The topological polar surface area (TPSA) is 120 Å². The molecule has 3 rings (SSSR count). The van der Waals surface area contributed by atoms with E-state index in [-0.39, 0.29) is 23.6 Å². The van der Waals surface area contributed by atoms with Gasteiger partial charge in [0.1, 0.15) is 5.75 Å². The van der Waals surface area contributed by atoms with Crippen molar-refractivity contribution in [2.75, 3.05) is 32.3 Å². The first-order chi connectivity index (χ1) is 17.4. The van der Waals surface area contributed by atoms with Crippen LogP contribution in [0, 0.1) is 0 Å². The highest BCUT2D eigenvalue weighted by atomic mass is 32.2. The van der Waals surface area contributed by atoms with Crippen LogP contribution in [0.15, 0.2) is 41.3 Å². The largest absolute Gasteiger partial charge is 0.496 e. The Kier molecular flexibility index (Phi) is 8.45. The van der Waals surface area contributed by atoms with Gasteiger partial charge in [-0.2, -0.15) is 0 Å². The van der Waals surface area contributed by atoms with Crippen molar-refractivity contribution in [1.82, 2.24) is 9.97 Å². The zero-order chi connectivity index (χ0) is 27.4. The monoisotopic (exact) mass is 527 g/mol. The number of rotatable bonds is 9. The third kappa shape index (κ3) is 6.99. The van der Waals surface area contributed by atoms with Crippen LogP contribution in [-0.2, 0) is 26.8 Å². The maximum atomic E-state index is 12.8. The molecule has 0 unspecified atom stereocenters. The smallest absolute Gasteiger partial charge is 0.296 e. The van der Waals surface area contributed by atoms with Crippen LogP contribution >= 0.6 is 0 Å². The molecule has 198 valence electrons. The number of sulfonamides is 1. The van der Waals surface area contributed by atoms with E-state index in [2.05, 4.69) is 35.5 Å². The van der Waals surface area contributed by atoms with E-state index in [0.717, 1.165) is 28.5 Å². The van der Waals surface area contributed by atoms with Gasteiger partial charge in [0.2, 0.25) is 10.0 Å². The molecule has 0 saturated carbocycles. The first kappa shape index (κ1) is 27.9. The lowest BCUT2D eigenvalue weighted by Crippen LogP contribution is -2.15. The Morgan fingerprint density at radius 2 is 1.73 bits per heavy atom. The molecule has 3 aromatic rings. The van der Waals surface area contributed by atoms with Crippen molar-refractivity contribution in [1.29, 1.82) is 0 Å². The molecule has 1 heterocycles. The van der Waals surface area contributed by atoms with Gasteiger partial charge in [0.25, 0.3) is 11.6 Å². The standard InChI is InChI=1S/C27H33N3O6S/c1-27(2,3)23-14-19(22-15-28-26(36-6)29-25(22)31)12-18(24(23)35-5)9-8-17-10-11-21(30-37(7,32)33)13-20(17)16-34-4/h8-15,30H,16H2,1-7H3,(H,28,29,31)/b9-8+. The molecule has 10 heteroatoms. The predicted octanol–water partition coefficient (Wildman–Crippen LogP) is 4.44. The second-order valence-electron chi connectivity index (χ2n) is 9.59. The van der Waals surface area contributed by atoms with E-state index in [0.29, 0.717) is 22.6 Å². The average molecular weight is 528 g/mol. The number of benzene rings is 2. The molecule has 0 bridgehead atoms. The maximum absolute atomic E-state index is 12.8. The van der Waals surface area contributed by atoms with Crippen molar-refractivity contribution in [3.05, 3.63) is 69.1 Å². The minimum absolute atomic E-state index is 0.137. The van der Waals surface area contributed by atoms with E-state index >= 15 is 0 Å². The van der Waals surface area contributed by atoms with Crippen molar-refractivity contribution >= 4 is 27.9 Å². The first-order valence-corrected chi connectivity index (χ1v) is 13.4. The summed E-state index contributed by atoms with van der Waals surface area (Å²) < 4.78 is 42.0. The van der Waals surface area contributed by atoms with Crippen LogP contribution in [0.3, 0.4) is 0 Å². The molecule has 2 aromatic carbocycles. The lowest BCUT2D eigenvalue weighted by atomic mass is 9.83. The van der Waals surface area contributed by atoms with Crippen molar-refractivity contribution in [2.45, 2.75) is 32.8 Å². The summed E-state index contributed by atoms with van der Waals surface area (Å²) in [4.78, 5) is 19.6. The fraction of sp³-hybridized carbons (Fsp3) is 0.333. The molecule has 0 radical (unpaired) electrons. The average Bonchev–Trinajstić information content (AvgIpc) is 2.81. The van der Waals surface area contributed by atoms with Gasteiger partial charge in [-0.05, 0) is 46.4 Å². The van der Waals surface area contributed by atoms with Crippen molar-refractivity contribution < 1.29 is 22.6 Å². The van der Waals surface area contributed by atoms with Gasteiger partial charge < -0.3 is 14.2 Å². The number of aromatic nitrogens is 2. The molecule has 9 nitrogen and oxygen atoms in total. The molecule has 0 aliphatic carbocycles. The zero-order valence-electron chi connectivity index (χ0n) is 22.1. The summed E-state index contributed by atoms with van der Waals surface area (Å²) in [6.45, 7) is 6.50. The van der Waals surface area contributed by atoms with Gasteiger partial charge in [0.15, 0.2) is 0 Å². The summed E-state index contributed by atoms with van der Waals surface area (Å²) in [5.74, 6) is 0.689. The number of methoxy groups -OCH3 is 3. The number of nitrogens with zero attached hydrogens (tertiary/aromatic N) is 1. The quantitative estimate of drug-likeness (QED) is 0.395. The third-order valence-electron chi connectivity index (χ3n) is 5.60. The van der Waals surface area contributed by atoms with E-state index in [1.165, 1.54) is 13.3 Å². The van der Waals surface area contributed by atoms with E-state index < -0.39 is 10.0 Å². The van der Waals surface area contributed by atoms with Crippen molar-refractivity contribution in [2.24, 2.45) is 0 Å². The van der Waals surface area contributed by atoms with Crippen LogP contribution in [0.25, 0.3) is 23.3 Å². The Morgan fingerprint density at radius 3 is 2.30 bits per heavy atom. The minimum Gasteiger partial charge on any atom is -0.496 e. The normalized spacial score (nSPS) is 12.1. The summed E-state index contributed by atoms with van der Waals surface area (Å²) in [6, 6.07) is 9.20. The van der Waals surface area contributed by atoms with E-state index in [4.69, 9.17) is 14.2 Å². The molecule has 2 N–H and O–H groups in total. The van der Waals surface area contributed by atoms with Gasteiger partial charge in [-0.1, -0.05) is 39.0 Å². The van der Waals surface area contributed by atoms with Gasteiger partial charge >= 0.3 is 0 Å². The zero-order valence-corrected chi connectivity index (χ0v) is 22.9. The summed E-state index contributed by atoms with van der Waals surface area (Å²) >= 11 is 0. The van der Waals surface area contributed by atoms with Gasteiger partial charge in [-0.15, -0.1) is 0 Å². The molecular formula is C27H33N3O6S. The molecule has 1 aromatic heterocycles. The van der Waals surface area contributed by atoms with Crippen LogP contribution in [0.5, 0.6) is 11.8 Å². The highest BCUT2D eigenvalue weighted by molar-refractivity contribution is 7.92. The second kappa shape index (κ2) is 11.2. The van der Waals surface area contributed by atoms with E-state index in [1.54, 1.807) is 26.4 Å². The Bertz CT molecular complexity index is 1470. The van der Waals surface area contributed by atoms with Gasteiger partial charge in [-0.3, -0.25) is 14.5 Å². The Hall–Kier alpha value is -3.63. The fourth-order valence-corrected chi connectivity index (χ4v) is 4.46. The maximum Gasteiger partial charge on any atom is 0.296 e. The van der Waals surface area contributed by atoms with Gasteiger partial charge in [-0.25, -0.2) is 13.4 Å². The summed E-state index contributed by atoms with van der Waals surface area (Å²) in [6.07, 6.45) is 6.40. The molecule has 0 aliphatic heterocycles. The summed E-state index contributed by atoms with van der Waals surface area (Å²) in [5.41, 5.74) is 4.27. The number of aromatic amines is 1. The molecule has 0 aliphatic rings. The SMILES string of the molecule is COCc1cc(NS(C)(=O)=O)ccc1/C=C/c1cc(-c2cnc(OC)[nH]c2=O)cc(C(C)(C)C)c1OC. The Balaban J connectivity index is 2.16. The number of anilines is 1. The van der Waals surface area contributed by atoms with Crippen LogP contribution in [0.4, 0.5) is 5.69 Å². The van der Waals surface area contributed by atoms with Crippen LogP contribution in [0.1, 0.15) is 43.0 Å². The second-order valence-corrected chi connectivity index (χ2v) is 11.3. The Morgan fingerprint density at radius 1 is 1.03 bits per heavy atom. The molecule has 0 fully saturated rings. The van der Waals surface area contributed by atoms with Gasteiger partial charge in [0.05, 0.1) is 32.6 Å². The Labute approximate surface area is 217 Å². The molecular weight excluding hydrogens is 494 g/mol. The fourth-order valence-electron chi connectivity index (χ4n) is 3.91. The third-order valence-corrected chi connectivity index (χ3v) is 6.21. The molecule has 0 saturated heterocycles. The number of hydrogen-bond acceptors (Lipinski definition) is 7. The van der Waals surface area contributed by atoms with Crippen LogP contribution in [-0.4, -0.2) is 46.0 Å². The lowest BCUT2D eigenvalue weighted by molar-refractivity contribution is 0.185. The number of hydrogen-bond donors (Lipinski definition) is 2. The summed E-state index contributed by atoms with van der Waals surface area (Å²) in [5, 5.41) is 0. The van der Waals surface area contributed by atoms with Crippen molar-refractivity contribution in [3.8, 4) is 22.9 Å². The summed E-state index contributed by atoms with van der Waals surface area (Å²) in [7, 11) is 1.22. The highest BCUT2D eigenvalue weighted by Crippen LogP contribution is 2.38. The molecule has 37 heavy (non-hydrogen) atoms. The predicted molar refractivity (Wildman–Crippen MR) is 147 cm³/mol. The lowest BCUT2D eigenvalue weighted by Gasteiger charge is -2.24. The first-order valence-electron chi connectivity index (χ1n) is 11.5. The molecule has 0 atom stereocenters.